The van der Waals surface area contributed by atoms with Gasteiger partial charge >= 0.3 is 0 Å². The average molecular weight is 457 g/mol. The Morgan fingerprint density at radius 1 is 1.03 bits per heavy atom. The number of anilines is 1. The van der Waals surface area contributed by atoms with E-state index in [1.165, 1.54) is 22.3 Å². The standard InChI is InChI=1S/C28H28N2O2S/c1-19-10-15-25-26(20(19)2)29-28(33-25)30(18-24-9-6-16-32-24)27(31)23-13-11-22(12-14-23)17-21-7-4-3-5-8-21/h3-5,7-8,10-15,24H,6,9,16-18H2,1-2H3. The highest BCUT2D eigenvalue weighted by Gasteiger charge is 2.27. The van der Waals surface area contributed by atoms with Crippen molar-refractivity contribution in [3.05, 3.63) is 94.5 Å². The van der Waals surface area contributed by atoms with E-state index < -0.39 is 0 Å². The molecule has 1 atom stereocenters. The molecule has 1 aliphatic rings. The van der Waals surface area contributed by atoms with Crippen LogP contribution in [0.15, 0.2) is 66.7 Å². The molecule has 0 aliphatic carbocycles. The normalized spacial score (nSPS) is 15.8. The van der Waals surface area contributed by atoms with Crippen molar-refractivity contribution in [2.45, 2.75) is 39.2 Å². The van der Waals surface area contributed by atoms with Gasteiger partial charge in [0.1, 0.15) is 0 Å². The third-order valence-electron chi connectivity index (χ3n) is 6.41. The molecule has 0 saturated carbocycles. The Balaban J connectivity index is 1.43. The summed E-state index contributed by atoms with van der Waals surface area (Å²) in [5, 5.41) is 0.743. The predicted octanol–water partition coefficient (Wildman–Crippen LogP) is 6.33. The van der Waals surface area contributed by atoms with Crippen molar-refractivity contribution in [2.75, 3.05) is 18.1 Å². The predicted molar refractivity (Wildman–Crippen MR) is 135 cm³/mol. The Morgan fingerprint density at radius 2 is 1.79 bits per heavy atom. The zero-order valence-corrected chi connectivity index (χ0v) is 19.9. The van der Waals surface area contributed by atoms with Crippen molar-refractivity contribution in [3.8, 4) is 0 Å². The smallest absolute Gasteiger partial charge is 0.260 e. The van der Waals surface area contributed by atoms with E-state index in [0.717, 1.165) is 41.2 Å². The molecule has 1 amide bonds. The summed E-state index contributed by atoms with van der Waals surface area (Å²) in [6.07, 6.45) is 2.92. The molecule has 2 heterocycles. The molecular formula is C28H28N2O2S. The van der Waals surface area contributed by atoms with E-state index in [1.54, 1.807) is 11.3 Å². The van der Waals surface area contributed by atoms with Gasteiger partial charge in [-0.15, -0.1) is 0 Å². The lowest BCUT2D eigenvalue weighted by Crippen LogP contribution is -2.37. The lowest BCUT2D eigenvalue weighted by atomic mass is 10.0. The molecule has 168 valence electrons. The first-order valence-corrected chi connectivity index (χ1v) is 12.3. The van der Waals surface area contributed by atoms with Crippen molar-refractivity contribution in [2.24, 2.45) is 0 Å². The van der Waals surface area contributed by atoms with Gasteiger partial charge in [0.15, 0.2) is 5.13 Å². The van der Waals surface area contributed by atoms with Crippen LogP contribution in [0, 0.1) is 13.8 Å². The maximum absolute atomic E-state index is 13.7. The molecule has 5 heteroatoms. The third-order valence-corrected chi connectivity index (χ3v) is 7.46. The molecule has 0 N–H and O–H groups in total. The summed E-state index contributed by atoms with van der Waals surface area (Å²) in [6.45, 7) is 5.49. The highest BCUT2D eigenvalue weighted by atomic mass is 32.1. The molecule has 3 aromatic carbocycles. The minimum Gasteiger partial charge on any atom is -0.376 e. The van der Waals surface area contributed by atoms with E-state index in [2.05, 4.69) is 62.4 Å². The van der Waals surface area contributed by atoms with Crippen molar-refractivity contribution in [1.29, 1.82) is 0 Å². The lowest BCUT2D eigenvalue weighted by molar-refractivity contribution is 0.0917. The SMILES string of the molecule is Cc1ccc2sc(N(CC3CCCO3)C(=O)c3ccc(Cc4ccccc4)cc3)nc2c1C. The van der Waals surface area contributed by atoms with Gasteiger partial charge in [0.05, 0.1) is 22.9 Å². The zero-order valence-electron chi connectivity index (χ0n) is 19.1. The monoisotopic (exact) mass is 456 g/mol. The van der Waals surface area contributed by atoms with E-state index in [1.807, 2.05) is 23.1 Å². The van der Waals surface area contributed by atoms with Crippen LogP contribution in [0.5, 0.6) is 0 Å². The first kappa shape index (κ1) is 21.8. The summed E-state index contributed by atoms with van der Waals surface area (Å²) in [5.41, 5.74) is 6.50. The van der Waals surface area contributed by atoms with E-state index in [0.29, 0.717) is 12.1 Å². The fourth-order valence-corrected chi connectivity index (χ4v) is 5.35. The fourth-order valence-electron chi connectivity index (χ4n) is 4.32. The molecule has 33 heavy (non-hydrogen) atoms. The van der Waals surface area contributed by atoms with Crippen LogP contribution in [-0.4, -0.2) is 30.1 Å². The summed E-state index contributed by atoms with van der Waals surface area (Å²) in [7, 11) is 0. The highest BCUT2D eigenvalue weighted by Crippen LogP contribution is 2.33. The first-order chi connectivity index (χ1) is 16.1. The van der Waals surface area contributed by atoms with Crippen LogP contribution in [0.4, 0.5) is 5.13 Å². The van der Waals surface area contributed by atoms with Crippen molar-refractivity contribution in [1.82, 2.24) is 4.98 Å². The van der Waals surface area contributed by atoms with Crippen LogP contribution < -0.4 is 4.90 Å². The summed E-state index contributed by atoms with van der Waals surface area (Å²) >= 11 is 1.58. The second-order valence-electron chi connectivity index (χ2n) is 8.76. The Bertz CT molecular complexity index is 1260. The molecule has 1 unspecified atom stereocenters. The number of hydrogen-bond acceptors (Lipinski definition) is 4. The topological polar surface area (TPSA) is 42.4 Å². The van der Waals surface area contributed by atoms with Crippen LogP contribution in [-0.2, 0) is 11.2 Å². The molecule has 4 nitrogen and oxygen atoms in total. The number of thiazole rings is 1. The lowest BCUT2D eigenvalue weighted by Gasteiger charge is -2.23. The van der Waals surface area contributed by atoms with Crippen LogP contribution >= 0.6 is 11.3 Å². The first-order valence-electron chi connectivity index (χ1n) is 11.5. The largest absolute Gasteiger partial charge is 0.376 e. The molecule has 0 bridgehead atoms. The van der Waals surface area contributed by atoms with Crippen LogP contribution in [0.1, 0.15) is 45.5 Å². The molecule has 4 aromatic rings. The van der Waals surface area contributed by atoms with Gasteiger partial charge in [0.25, 0.3) is 5.91 Å². The molecule has 5 rings (SSSR count). The van der Waals surface area contributed by atoms with E-state index >= 15 is 0 Å². The summed E-state index contributed by atoms with van der Waals surface area (Å²) in [4.78, 5) is 20.4. The third kappa shape index (κ3) is 4.70. The van der Waals surface area contributed by atoms with Gasteiger partial charge in [-0.2, -0.15) is 0 Å². The van der Waals surface area contributed by atoms with Crippen LogP contribution in [0.25, 0.3) is 10.2 Å². The van der Waals surface area contributed by atoms with Gasteiger partial charge in [-0.3, -0.25) is 9.69 Å². The highest BCUT2D eigenvalue weighted by molar-refractivity contribution is 7.22. The molecule has 1 aromatic heterocycles. The quantitative estimate of drug-likeness (QED) is 0.340. The summed E-state index contributed by atoms with van der Waals surface area (Å²) in [5.74, 6) is -0.0230. The number of nitrogens with zero attached hydrogens (tertiary/aromatic N) is 2. The molecular weight excluding hydrogens is 428 g/mol. The summed E-state index contributed by atoms with van der Waals surface area (Å²) < 4.78 is 6.98. The van der Waals surface area contributed by atoms with Gasteiger partial charge < -0.3 is 4.74 Å². The number of hydrogen-bond donors (Lipinski definition) is 0. The van der Waals surface area contributed by atoms with E-state index in [4.69, 9.17) is 9.72 Å². The Labute approximate surface area is 198 Å². The molecule has 1 aliphatic heterocycles. The molecule has 0 spiro atoms. The van der Waals surface area contributed by atoms with Crippen LogP contribution in [0.2, 0.25) is 0 Å². The number of carbonyl (C=O) groups excluding carboxylic acids is 1. The zero-order chi connectivity index (χ0) is 22.8. The van der Waals surface area contributed by atoms with E-state index in [-0.39, 0.29) is 12.0 Å². The minimum absolute atomic E-state index is 0.0230. The maximum atomic E-state index is 13.7. The fraction of sp³-hybridized carbons (Fsp3) is 0.286. The number of aromatic nitrogens is 1. The van der Waals surface area contributed by atoms with Gasteiger partial charge in [-0.1, -0.05) is 59.9 Å². The molecule has 1 saturated heterocycles. The number of ether oxygens (including phenoxy) is 1. The molecule has 1 fully saturated rings. The van der Waals surface area contributed by atoms with Crippen LogP contribution in [0.3, 0.4) is 0 Å². The van der Waals surface area contributed by atoms with E-state index in [9.17, 15) is 4.79 Å². The maximum Gasteiger partial charge on any atom is 0.260 e. The number of rotatable bonds is 6. The summed E-state index contributed by atoms with van der Waals surface area (Å²) in [6, 6.07) is 22.6. The number of benzene rings is 3. The number of aryl methyl sites for hydroxylation is 2. The van der Waals surface area contributed by atoms with Gasteiger partial charge in [-0.05, 0) is 73.6 Å². The van der Waals surface area contributed by atoms with Crippen molar-refractivity contribution >= 4 is 32.6 Å². The molecule has 0 radical (unpaired) electrons. The number of fused-ring (bicyclic) bond motifs is 1. The average Bonchev–Trinajstić information content (AvgIpc) is 3.51. The van der Waals surface area contributed by atoms with Gasteiger partial charge in [0.2, 0.25) is 0 Å². The number of carbonyl (C=O) groups is 1. The Hall–Kier alpha value is -3.02. The Kier molecular flexibility index (Phi) is 6.25. The number of amides is 1. The van der Waals surface area contributed by atoms with Crippen molar-refractivity contribution in [3.63, 3.8) is 0 Å². The van der Waals surface area contributed by atoms with Crippen molar-refractivity contribution < 1.29 is 9.53 Å². The van der Waals surface area contributed by atoms with Gasteiger partial charge in [-0.25, -0.2) is 4.98 Å². The minimum atomic E-state index is -0.0230. The second kappa shape index (κ2) is 9.46. The Morgan fingerprint density at radius 3 is 2.52 bits per heavy atom. The second-order valence-corrected chi connectivity index (χ2v) is 9.77. The van der Waals surface area contributed by atoms with Gasteiger partial charge in [0, 0.05) is 12.2 Å².